The molecule has 0 amide bonds. The number of hydrogen-bond acceptors (Lipinski definition) is 5. The number of nitrogens with zero attached hydrogens (tertiary/aromatic N) is 1. The lowest BCUT2D eigenvalue weighted by atomic mass is 9.51. The molecule has 3 aliphatic carbocycles. The van der Waals surface area contributed by atoms with E-state index >= 15 is 0 Å². The smallest absolute Gasteiger partial charge is 0.453 e. The normalized spacial score (nSPS) is 31.1. The van der Waals surface area contributed by atoms with Crippen LogP contribution in [0.4, 0.5) is 22.0 Å². The fourth-order valence-electron chi connectivity index (χ4n) is 8.27. The van der Waals surface area contributed by atoms with E-state index in [1.165, 1.54) is 0 Å². The molecule has 1 aromatic rings. The van der Waals surface area contributed by atoms with Gasteiger partial charge in [-0.05, 0) is 123 Å². The molecule has 5 unspecified atom stereocenters. The minimum atomic E-state index is -5.57. The minimum Gasteiger partial charge on any atom is -0.508 e. The first-order valence-corrected chi connectivity index (χ1v) is 17.4. The summed E-state index contributed by atoms with van der Waals surface area (Å²) in [6, 6.07) is 5.37. The highest BCUT2D eigenvalue weighted by molar-refractivity contribution is 7.84. The van der Waals surface area contributed by atoms with E-state index in [0.717, 1.165) is 61.8 Å². The maximum Gasteiger partial charge on any atom is 0.453 e. The van der Waals surface area contributed by atoms with E-state index in [0.29, 0.717) is 19.4 Å². The molecule has 0 radical (unpaired) electrons. The van der Waals surface area contributed by atoms with Crippen LogP contribution in [-0.2, 0) is 10.8 Å². The molecule has 0 aromatic heterocycles. The number of hydrogen-bond donors (Lipinski definition) is 3. The lowest BCUT2D eigenvalue weighted by molar-refractivity contribution is -0.284. The van der Waals surface area contributed by atoms with Gasteiger partial charge in [0.05, 0.1) is 12.2 Å². The molecular formula is C33H48F5NO4S. The Morgan fingerprint density at radius 1 is 1.02 bits per heavy atom. The summed E-state index contributed by atoms with van der Waals surface area (Å²) in [7, 11) is 0.520. The van der Waals surface area contributed by atoms with Crippen molar-refractivity contribution in [1.82, 2.24) is 4.90 Å². The molecule has 0 heterocycles. The highest BCUT2D eigenvalue weighted by atomic mass is 32.2. The van der Waals surface area contributed by atoms with Crippen LogP contribution in [-0.4, -0.2) is 74.3 Å². The van der Waals surface area contributed by atoms with Gasteiger partial charge < -0.3 is 20.2 Å². The average molecular weight is 650 g/mol. The van der Waals surface area contributed by atoms with Crippen LogP contribution in [0, 0.1) is 23.2 Å². The number of halogens is 5. The van der Waals surface area contributed by atoms with Crippen molar-refractivity contribution in [1.29, 1.82) is 0 Å². The third-order valence-electron chi connectivity index (χ3n) is 10.8. The third kappa shape index (κ3) is 7.52. The molecule has 1 aromatic carbocycles. The van der Waals surface area contributed by atoms with Gasteiger partial charge in [-0.3, -0.25) is 4.21 Å². The van der Waals surface area contributed by atoms with Crippen molar-refractivity contribution in [3.05, 3.63) is 41.5 Å². The van der Waals surface area contributed by atoms with Crippen molar-refractivity contribution in [3.63, 3.8) is 0 Å². The van der Waals surface area contributed by atoms with Crippen LogP contribution >= 0.6 is 0 Å². The van der Waals surface area contributed by atoms with Gasteiger partial charge in [-0.25, -0.2) is 0 Å². The minimum absolute atomic E-state index is 0.0146. The largest absolute Gasteiger partial charge is 0.508 e. The summed E-state index contributed by atoms with van der Waals surface area (Å²) in [5.41, 5.74) is 2.71. The molecule has 2 saturated carbocycles. The van der Waals surface area contributed by atoms with Gasteiger partial charge in [0.1, 0.15) is 5.75 Å². The molecule has 2 fully saturated rings. The Hall–Kier alpha value is -1.56. The number of phenols is 1. The van der Waals surface area contributed by atoms with E-state index in [-0.39, 0.29) is 46.3 Å². The van der Waals surface area contributed by atoms with Crippen molar-refractivity contribution >= 4 is 10.8 Å². The number of aliphatic hydroxyl groups is 2. The van der Waals surface area contributed by atoms with Gasteiger partial charge in [0.25, 0.3) is 0 Å². The second-order valence-corrected chi connectivity index (χ2v) is 15.3. The zero-order valence-electron chi connectivity index (χ0n) is 25.8. The van der Waals surface area contributed by atoms with E-state index in [9.17, 15) is 41.5 Å². The second kappa shape index (κ2) is 14.1. The molecule has 44 heavy (non-hydrogen) atoms. The van der Waals surface area contributed by atoms with Gasteiger partial charge in [-0.15, -0.1) is 0 Å². The van der Waals surface area contributed by atoms with Gasteiger partial charge in [-0.2, -0.15) is 22.0 Å². The number of rotatable bonds is 14. The van der Waals surface area contributed by atoms with Gasteiger partial charge in [0, 0.05) is 28.7 Å². The molecule has 5 nitrogen and oxygen atoms in total. The second-order valence-electron chi connectivity index (χ2n) is 13.6. The SMILES string of the molecule is C=C1[C@H](O)CC2C3C(CC[C@]12C)c1ccc(O)cc1[C@H](O)C3CCCCCN(C)CCCS(=O)CCCC(F)(F)C(F)(F)F. The zero-order chi connectivity index (χ0) is 32.4. The molecule has 0 aliphatic heterocycles. The molecule has 0 spiro atoms. The fraction of sp³-hybridized carbons (Fsp3) is 0.758. The quantitative estimate of drug-likeness (QED) is 0.114. The molecule has 0 bridgehead atoms. The van der Waals surface area contributed by atoms with Crippen LogP contribution < -0.4 is 0 Å². The van der Waals surface area contributed by atoms with E-state index in [1.807, 2.05) is 13.1 Å². The first-order chi connectivity index (χ1) is 20.6. The third-order valence-corrected chi connectivity index (χ3v) is 12.3. The predicted molar refractivity (Wildman–Crippen MR) is 162 cm³/mol. The Balaban J connectivity index is 1.23. The van der Waals surface area contributed by atoms with Gasteiger partial charge in [0.2, 0.25) is 0 Å². The molecule has 3 N–H and O–H groups in total. The summed E-state index contributed by atoms with van der Waals surface area (Å²) in [6.07, 6.45) is -1.76. The van der Waals surface area contributed by atoms with Crippen LogP contribution in [0.15, 0.2) is 30.4 Å². The summed E-state index contributed by atoms with van der Waals surface area (Å²) >= 11 is 0. The van der Waals surface area contributed by atoms with E-state index < -0.39 is 47.9 Å². The molecule has 3 aliphatic rings. The number of unbranched alkanes of at least 4 members (excludes halogenated alkanes) is 2. The maximum absolute atomic E-state index is 13.0. The summed E-state index contributed by atoms with van der Waals surface area (Å²) in [5, 5.41) is 32.6. The Bertz CT molecular complexity index is 1180. The van der Waals surface area contributed by atoms with Crippen molar-refractivity contribution < 1.29 is 41.5 Å². The van der Waals surface area contributed by atoms with Crippen LogP contribution in [0.3, 0.4) is 0 Å². The number of fused-ring (bicyclic) bond motifs is 5. The van der Waals surface area contributed by atoms with Gasteiger partial charge in [0.15, 0.2) is 0 Å². The van der Waals surface area contributed by atoms with Gasteiger partial charge in [-0.1, -0.05) is 32.4 Å². The predicted octanol–water partition coefficient (Wildman–Crippen LogP) is 7.10. The molecule has 8 atom stereocenters. The Labute approximate surface area is 260 Å². The fourth-order valence-corrected chi connectivity index (χ4v) is 9.39. The van der Waals surface area contributed by atoms with Gasteiger partial charge >= 0.3 is 12.1 Å². The number of benzene rings is 1. The van der Waals surface area contributed by atoms with Crippen molar-refractivity contribution in [2.45, 2.75) is 101 Å². The first kappa shape index (κ1) is 35.3. The number of aliphatic hydroxyl groups excluding tert-OH is 2. The summed E-state index contributed by atoms with van der Waals surface area (Å²) in [4.78, 5) is 2.11. The van der Waals surface area contributed by atoms with Crippen LogP contribution in [0.5, 0.6) is 5.75 Å². The van der Waals surface area contributed by atoms with Crippen molar-refractivity contribution in [2.75, 3.05) is 31.6 Å². The Morgan fingerprint density at radius 2 is 1.70 bits per heavy atom. The summed E-state index contributed by atoms with van der Waals surface area (Å²) in [6.45, 7) is 7.95. The summed E-state index contributed by atoms with van der Waals surface area (Å²) < 4.78 is 74.9. The first-order valence-electron chi connectivity index (χ1n) is 15.9. The van der Waals surface area contributed by atoms with Crippen molar-refractivity contribution in [3.8, 4) is 5.75 Å². The van der Waals surface area contributed by atoms with Crippen LogP contribution in [0.1, 0.15) is 94.3 Å². The molecule has 250 valence electrons. The number of aromatic hydroxyl groups is 1. The topological polar surface area (TPSA) is 81.0 Å². The number of alkyl halides is 5. The maximum atomic E-state index is 13.0. The molecular weight excluding hydrogens is 601 g/mol. The summed E-state index contributed by atoms with van der Waals surface area (Å²) in [5.74, 6) is -3.74. The van der Waals surface area contributed by atoms with E-state index in [1.54, 1.807) is 12.1 Å². The highest BCUT2D eigenvalue weighted by Crippen LogP contribution is 2.65. The Kier molecular flexibility index (Phi) is 11.3. The zero-order valence-corrected chi connectivity index (χ0v) is 26.6. The highest BCUT2D eigenvalue weighted by Gasteiger charge is 2.58. The molecule has 0 saturated heterocycles. The molecule has 11 heteroatoms. The standard InChI is InChI=1S/C33H48F5NO4S/c1-21-28(41)20-27-29-24(12-14-31(21,27)2)23-11-10-22(40)19-26(23)30(42)25(29)9-5-4-6-15-39(3)16-8-18-44(43)17-7-13-32(34,35)33(36,37)38/h10-11,19,24-25,27-30,40-42H,1,4-9,12-18,20H2,2-3H3/t24?,25?,27?,28-,29?,30-,31-,44?/m1/s1. The average Bonchev–Trinajstić information content (AvgIpc) is 3.17. The lowest BCUT2D eigenvalue weighted by Gasteiger charge is -2.53. The van der Waals surface area contributed by atoms with Crippen LogP contribution in [0.25, 0.3) is 0 Å². The van der Waals surface area contributed by atoms with Crippen molar-refractivity contribution in [2.24, 2.45) is 23.2 Å². The van der Waals surface area contributed by atoms with Crippen LogP contribution in [0.2, 0.25) is 0 Å². The monoisotopic (exact) mass is 649 g/mol. The Morgan fingerprint density at radius 3 is 2.41 bits per heavy atom. The van der Waals surface area contributed by atoms with E-state index in [4.69, 9.17) is 0 Å². The molecule has 4 rings (SSSR count). The number of phenolic OH excluding ortho intramolecular Hbond substituents is 1. The lowest BCUT2D eigenvalue weighted by Crippen LogP contribution is -2.45. The van der Waals surface area contributed by atoms with E-state index in [2.05, 4.69) is 18.4 Å².